The Bertz CT molecular complexity index is 975. The van der Waals surface area contributed by atoms with Crippen LogP contribution in [-0.4, -0.2) is 41.8 Å². The molecule has 3 N–H and O–H groups in total. The second kappa shape index (κ2) is 9.42. The van der Waals surface area contributed by atoms with E-state index >= 15 is 0 Å². The van der Waals surface area contributed by atoms with Crippen LogP contribution in [0.1, 0.15) is 49.7 Å². The molecule has 0 aliphatic heterocycles. The van der Waals surface area contributed by atoms with Crippen molar-refractivity contribution in [2.45, 2.75) is 50.6 Å². The third-order valence-corrected chi connectivity index (χ3v) is 6.34. The van der Waals surface area contributed by atoms with Gasteiger partial charge in [0.15, 0.2) is 0 Å². The molecule has 168 valence electrons. The summed E-state index contributed by atoms with van der Waals surface area (Å²) in [6.45, 7) is 1.93. The number of ether oxygens (including phenoxy) is 1. The van der Waals surface area contributed by atoms with Gasteiger partial charge in [-0.05, 0) is 48.4 Å². The van der Waals surface area contributed by atoms with Crippen LogP contribution in [0.5, 0.6) is 0 Å². The normalized spacial score (nSPS) is 20.2. The van der Waals surface area contributed by atoms with Crippen molar-refractivity contribution in [3.8, 4) is 11.1 Å². The largest absolute Gasteiger partial charge is 0.481 e. The maximum absolute atomic E-state index is 12.5. The highest BCUT2D eigenvalue weighted by Crippen LogP contribution is 2.44. The van der Waals surface area contributed by atoms with Gasteiger partial charge in [0, 0.05) is 23.9 Å². The number of nitrogens with one attached hydrogen (secondary N) is 2. The number of carbonyl (C=O) groups excluding carboxylic acids is 2. The molecule has 4 rings (SSSR count). The molecule has 1 fully saturated rings. The molecule has 7 nitrogen and oxygen atoms in total. The summed E-state index contributed by atoms with van der Waals surface area (Å²) in [5.41, 5.74) is 4.68. The van der Waals surface area contributed by atoms with Crippen LogP contribution in [-0.2, 0) is 14.3 Å². The Morgan fingerprint density at radius 3 is 2.28 bits per heavy atom. The predicted octanol–water partition coefficient (Wildman–Crippen LogP) is 3.67. The Morgan fingerprint density at radius 1 is 1.03 bits per heavy atom. The lowest BCUT2D eigenvalue weighted by Crippen LogP contribution is -2.39. The Morgan fingerprint density at radius 2 is 1.66 bits per heavy atom. The fraction of sp³-hybridized carbons (Fsp3) is 0.400. The van der Waals surface area contributed by atoms with E-state index in [-0.39, 0.29) is 36.8 Å². The van der Waals surface area contributed by atoms with Gasteiger partial charge in [-0.2, -0.15) is 0 Å². The molecular formula is C25H28N2O5. The number of hydrogen-bond donors (Lipinski definition) is 3. The molecule has 0 saturated heterocycles. The lowest BCUT2D eigenvalue weighted by molar-refractivity contribution is -0.137. The van der Waals surface area contributed by atoms with Gasteiger partial charge in [0.05, 0.1) is 6.42 Å². The SMILES string of the molecule is C[C@H](CC(=O)O)NC(=O)C1CCC(NC(=O)OCC2c3ccccc3-c3ccccc32)C1. The van der Waals surface area contributed by atoms with Gasteiger partial charge in [-0.1, -0.05) is 48.5 Å². The third kappa shape index (κ3) is 4.77. The Labute approximate surface area is 187 Å². The molecule has 2 unspecified atom stereocenters. The zero-order chi connectivity index (χ0) is 22.7. The van der Waals surface area contributed by atoms with Crippen LogP contribution in [0.25, 0.3) is 11.1 Å². The summed E-state index contributed by atoms with van der Waals surface area (Å²) in [5.74, 6) is -1.33. The summed E-state index contributed by atoms with van der Waals surface area (Å²) in [7, 11) is 0. The number of amides is 2. The maximum atomic E-state index is 12.5. The van der Waals surface area contributed by atoms with Gasteiger partial charge in [-0.25, -0.2) is 4.79 Å². The minimum atomic E-state index is -0.945. The van der Waals surface area contributed by atoms with Gasteiger partial charge in [0.25, 0.3) is 0 Å². The van der Waals surface area contributed by atoms with E-state index in [9.17, 15) is 14.4 Å². The number of carboxylic acid groups (broad SMARTS) is 1. The van der Waals surface area contributed by atoms with Crippen LogP contribution in [0, 0.1) is 5.92 Å². The van der Waals surface area contributed by atoms with Gasteiger partial charge in [0.2, 0.25) is 5.91 Å². The second-order valence-electron chi connectivity index (χ2n) is 8.68. The molecular weight excluding hydrogens is 408 g/mol. The van der Waals surface area contributed by atoms with E-state index < -0.39 is 18.1 Å². The van der Waals surface area contributed by atoms with Crippen LogP contribution in [0.15, 0.2) is 48.5 Å². The molecule has 0 radical (unpaired) electrons. The fourth-order valence-corrected chi connectivity index (χ4v) is 4.83. The van der Waals surface area contributed by atoms with E-state index in [1.54, 1.807) is 6.92 Å². The zero-order valence-electron chi connectivity index (χ0n) is 18.0. The number of benzene rings is 2. The third-order valence-electron chi connectivity index (χ3n) is 6.34. The van der Waals surface area contributed by atoms with E-state index in [2.05, 4.69) is 34.9 Å². The number of alkyl carbamates (subject to hydrolysis) is 1. The molecule has 2 aliphatic rings. The number of fused-ring (bicyclic) bond motifs is 3. The van der Waals surface area contributed by atoms with Crippen LogP contribution in [0.3, 0.4) is 0 Å². The highest BCUT2D eigenvalue weighted by molar-refractivity contribution is 5.81. The summed E-state index contributed by atoms with van der Waals surface area (Å²) < 4.78 is 5.59. The summed E-state index contributed by atoms with van der Waals surface area (Å²) in [6, 6.07) is 15.8. The van der Waals surface area contributed by atoms with Crippen LogP contribution < -0.4 is 10.6 Å². The minimum absolute atomic E-state index is 0.00553. The standard InChI is InChI=1S/C25H28N2O5/c1-15(12-23(28)29)26-24(30)16-10-11-17(13-16)27-25(31)32-14-22-20-8-4-2-6-18(20)19-7-3-5-9-21(19)22/h2-9,15-17,22H,10-14H2,1H3,(H,26,30)(H,27,31)(H,28,29)/t15-,16?,17?/m1/s1. The highest BCUT2D eigenvalue weighted by atomic mass is 16.5. The molecule has 1 saturated carbocycles. The number of carbonyl (C=O) groups is 3. The summed E-state index contributed by atoms with van der Waals surface area (Å²) in [4.78, 5) is 35.6. The van der Waals surface area contributed by atoms with Crippen LogP contribution >= 0.6 is 0 Å². The Hall–Kier alpha value is -3.35. The first-order chi connectivity index (χ1) is 15.4. The molecule has 0 bridgehead atoms. The number of rotatable bonds is 7. The van der Waals surface area contributed by atoms with Gasteiger partial charge in [-0.15, -0.1) is 0 Å². The molecule has 0 heterocycles. The number of aliphatic carboxylic acids is 1. The van der Waals surface area contributed by atoms with Crippen LogP contribution in [0.4, 0.5) is 4.79 Å². The van der Waals surface area contributed by atoms with Gasteiger partial charge < -0.3 is 20.5 Å². The second-order valence-corrected chi connectivity index (χ2v) is 8.68. The molecule has 0 aromatic heterocycles. The summed E-state index contributed by atoms with van der Waals surface area (Å²) in [6.07, 6.45) is 1.28. The van der Waals surface area contributed by atoms with Crippen molar-refractivity contribution in [3.63, 3.8) is 0 Å². The van der Waals surface area contributed by atoms with Crippen molar-refractivity contribution in [1.82, 2.24) is 10.6 Å². The molecule has 2 aromatic carbocycles. The first kappa shape index (κ1) is 21.9. The number of hydrogen-bond acceptors (Lipinski definition) is 4. The van der Waals surface area contributed by atoms with E-state index in [1.165, 1.54) is 11.1 Å². The molecule has 3 atom stereocenters. The fourth-order valence-electron chi connectivity index (χ4n) is 4.83. The van der Waals surface area contributed by atoms with Gasteiger partial charge in [0.1, 0.15) is 6.61 Å². The summed E-state index contributed by atoms with van der Waals surface area (Å²) in [5, 5.41) is 14.5. The molecule has 7 heteroatoms. The lowest BCUT2D eigenvalue weighted by Gasteiger charge is -2.18. The van der Waals surface area contributed by atoms with E-state index in [0.29, 0.717) is 19.3 Å². The Balaban J connectivity index is 1.28. The highest BCUT2D eigenvalue weighted by Gasteiger charge is 2.33. The first-order valence-corrected chi connectivity index (χ1v) is 11.1. The van der Waals surface area contributed by atoms with Crippen molar-refractivity contribution in [3.05, 3.63) is 59.7 Å². The molecule has 32 heavy (non-hydrogen) atoms. The van der Waals surface area contributed by atoms with Crippen molar-refractivity contribution < 1.29 is 24.2 Å². The van der Waals surface area contributed by atoms with Crippen molar-refractivity contribution >= 4 is 18.0 Å². The average molecular weight is 437 g/mol. The Kier molecular flexibility index (Phi) is 6.44. The maximum Gasteiger partial charge on any atom is 0.407 e. The van der Waals surface area contributed by atoms with Crippen molar-refractivity contribution in [2.24, 2.45) is 5.92 Å². The van der Waals surface area contributed by atoms with Crippen molar-refractivity contribution in [2.75, 3.05) is 6.61 Å². The predicted molar refractivity (Wildman–Crippen MR) is 119 cm³/mol. The molecule has 2 aliphatic carbocycles. The van der Waals surface area contributed by atoms with E-state index in [0.717, 1.165) is 11.1 Å². The monoisotopic (exact) mass is 436 g/mol. The van der Waals surface area contributed by atoms with E-state index in [4.69, 9.17) is 9.84 Å². The topological polar surface area (TPSA) is 105 Å². The average Bonchev–Trinajstić information content (AvgIpc) is 3.34. The molecule has 0 spiro atoms. The lowest BCUT2D eigenvalue weighted by atomic mass is 9.98. The van der Waals surface area contributed by atoms with E-state index in [1.807, 2.05) is 24.3 Å². The smallest absolute Gasteiger partial charge is 0.407 e. The molecule has 2 aromatic rings. The van der Waals surface area contributed by atoms with Gasteiger partial charge >= 0.3 is 12.1 Å². The zero-order valence-corrected chi connectivity index (χ0v) is 18.0. The first-order valence-electron chi connectivity index (χ1n) is 11.1. The van der Waals surface area contributed by atoms with Gasteiger partial charge in [-0.3, -0.25) is 9.59 Å². The summed E-state index contributed by atoms with van der Waals surface area (Å²) >= 11 is 0. The minimum Gasteiger partial charge on any atom is -0.481 e. The molecule has 2 amide bonds. The quantitative estimate of drug-likeness (QED) is 0.614. The van der Waals surface area contributed by atoms with Crippen LogP contribution in [0.2, 0.25) is 0 Å². The number of carboxylic acids is 1. The van der Waals surface area contributed by atoms with Crippen molar-refractivity contribution in [1.29, 1.82) is 0 Å².